The zero-order valence-electron chi connectivity index (χ0n) is 11.3. The number of rotatable bonds is 5. The molecule has 0 aromatic heterocycles. The van der Waals surface area contributed by atoms with E-state index in [0.717, 1.165) is 5.56 Å². The largest absolute Gasteiger partial charge is 0.464 e. The van der Waals surface area contributed by atoms with E-state index in [1.54, 1.807) is 18.1 Å². The second kappa shape index (κ2) is 6.81. The molecule has 1 aliphatic heterocycles. The third-order valence-electron chi connectivity index (χ3n) is 2.79. The lowest BCUT2D eigenvalue weighted by atomic mass is 10.1. The zero-order chi connectivity index (χ0) is 14.4. The predicted molar refractivity (Wildman–Crippen MR) is 72.4 cm³/mol. The highest BCUT2D eigenvalue weighted by atomic mass is 16.5. The van der Waals surface area contributed by atoms with Gasteiger partial charge in [-0.05, 0) is 12.5 Å². The number of benzene rings is 1. The quantitative estimate of drug-likeness (QED) is 0.830. The minimum atomic E-state index is -1.28. The summed E-state index contributed by atoms with van der Waals surface area (Å²) in [5.74, 6) is -0.657. The van der Waals surface area contributed by atoms with Crippen LogP contribution in [0.2, 0.25) is 0 Å². The Hall–Kier alpha value is -2.21. The van der Waals surface area contributed by atoms with Crippen LogP contribution in [0.25, 0.3) is 0 Å². The van der Waals surface area contributed by atoms with Crippen molar-refractivity contribution in [3.8, 4) is 0 Å². The molecule has 0 saturated heterocycles. The number of nitrogens with zero attached hydrogens (tertiary/aromatic N) is 3. The van der Waals surface area contributed by atoms with E-state index in [0.29, 0.717) is 12.1 Å². The van der Waals surface area contributed by atoms with Crippen LogP contribution < -0.4 is 0 Å². The molecule has 20 heavy (non-hydrogen) atoms. The van der Waals surface area contributed by atoms with Crippen molar-refractivity contribution >= 4 is 5.97 Å². The van der Waals surface area contributed by atoms with Gasteiger partial charge in [0.15, 0.2) is 6.10 Å². The summed E-state index contributed by atoms with van der Waals surface area (Å²) < 4.78 is 4.79. The van der Waals surface area contributed by atoms with E-state index in [4.69, 9.17) is 4.74 Å². The van der Waals surface area contributed by atoms with Crippen LogP contribution in [0.3, 0.4) is 0 Å². The third-order valence-corrected chi connectivity index (χ3v) is 2.79. The molecule has 6 heteroatoms. The number of carbonyl (C=O) groups is 1. The van der Waals surface area contributed by atoms with Gasteiger partial charge in [-0.2, -0.15) is 5.11 Å². The fourth-order valence-electron chi connectivity index (χ4n) is 1.83. The molecule has 106 valence electrons. The minimum Gasteiger partial charge on any atom is -0.464 e. The van der Waals surface area contributed by atoms with Crippen molar-refractivity contribution < 1.29 is 14.6 Å². The van der Waals surface area contributed by atoms with Crippen molar-refractivity contribution in [3.05, 3.63) is 47.7 Å². The van der Waals surface area contributed by atoms with Crippen molar-refractivity contribution in [3.63, 3.8) is 0 Å². The molecule has 0 saturated carbocycles. The first-order valence-corrected chi connectivity index (χ1v) is 6.44. The molecule has 1 atom stereocenters. The average Bonchev–Trinajstić information content (AvgIpc) is 2.48. The first-order valence-electron chi connectivity index (χ1n) is 6.44. The van der Waals surface area contributed by atoms with Crippen molar-refractivity contribution in [1.82, 2.24) is 5.01 Å². The van der Waals surface area contributed by atoms with Crippen LogP contribution in [0, 0.1) is 0 Å². The van der Waals surface area contributed by atoms with Crippen LogP contribution in [-0.4, -0.2) is 35.3 Å². The second-order valence-corrected chi connectivity index (χ2v) is 4.33. The van der Waals surface area contributed by atoms with Crippen LogP contribution in [0.4, 0.5) is 0 Å². The molecule has 0 fully saturated rings. The number of aliphatic hydroxyl groups excluding tert-OH is 1. The summed E-state index contributed by atoms with van der Waals surface area (Å²) in [4.78, 5) is 11.5. The van der Waals surface area contributed by atoms with Crippen LogP contribution >= 0.6 is 0 Å². The van der Waals surface area contributed by atoms with Gasteiger partial charge in [-0.3, -0.25) is 0 Å². The minimum absolute atomic E-state index is 0.200. The Labute approximate surface area is 117 Å². The topological polar surface area (TPSA) is 74.5 Å². The molecule has 2 rings (SSSR count). The summed E-state index contributed by atoms with van der Waals surface area (Å²) >= 11 is 0. The van der Waals surface area contributed by atoms with Gasteiger partial charge < -0.3 is 9.84 Å². The SMILES string of the molecule is CCOC(=O)C(O)C1=CN(Cc2ccccc2)N=NC1. The van der Waals surface area contributed by atoms with Gasteiger partial charge in [0.2, 0.25) is 0 Å². The van der Waals surface area contributed by atoms with Crippen molar-refractivity contribution in [2.75, 3.05) is 13.2 Å². The van der Waals surface area contributed by atoms with Gasteiger partial charge in [0.25, 0.3) is 0 Å². The molecule has 1 N–H and O–H groups in total. The van der Waals surface area contributed by atoms with Gasteiger partial charge in [0.1, 0.15) is 0 Å². The summed E-state index contributed by atoms with van der Waals surface area (Å²) in [6.07, 6.45) is 0.356. The molecule has 0 radical (unpaired) electrons. The first-order chi connectivity index (χ1) is 9.70. The third kappa shape index (κ3) is 3.64. The maximum atomic E-state index is 11.5. The van der Waals surface area contributed by atoms with Crippen LogP contribution in [0.1, 0.15) is 12.5 Å². The fraction of sp³-hybridized carbons (Fsp3) is 0.357. The van der Waals surface area contributed by atoms with Gasteiger partial charge in [-0.1, -0.05) is 35.6 Å². The molecule has 6 nitrogen and oxygen atoms in total. The number of hydrogen-bond donors (Lipinski definition) is 1. The summed E-state index contributed by atoms with van der Waals surface area (Å²) in [6, 6.07) is 9.76. The number of esters is 1. The lowest BCUT2D eigenvalue weighted by Gasteiger charge is -2.21. The summed E-state index contributed by atoms with van der Waals surface area (Å²) in [6.45, 7) is 2.66. The van der Waals surface area contributed by atoms with Crippen molar-refractivity contribution in [2.45, 2.75) is 19.6 Å². The Kier molecular flexibility index (Phi) is 4.84. The van der Waals surface area contributed by atoms with Crippen LogP contribution in [0.5, 0.6) is 0 Å². The van der Waals surface area contributed by atoms with E-state index in [9.17, 15) is 9.90 Å². The molecule has 1 aliphatic rings. The van der Waals surface area contributed by atoms with Gasteiger partial charge in [0, 0.05) is 11.8 Å². The molecular formula is C14H17N3O3. The van der Waals surface area contributed by atoms with Crippen molar-refractivity contribution in [2.24, 2.45) is 10.3 Å². The van der Waals surface area contributed by atoms with Crippen LogP contribution in [0.15, 0.2) is 52.4 Å². The number of hydrogen-bond acceptors (Lipinski definition) is 6. The molecule has 1 aromatic carbocycles. The van der Waals surface area contributed by atoms with Gasteiger partial charge in [-0.15, -0.1) is 0 Å². The van der Waals surface area contributed by atoms with E-state index in [-0.39, 0.29) is 13.2 Å². The standard InChI is InChI=1S/C14H17N3O3/c1-2-20-14(19)13(18)12-8-15-16-17(10-12)9-11-6-4-3-5-7-11/h3-7,10,13,18H,2,8-9H2,1H3. The summed E-state index contributed by atoms with van der Waals surface area (Å²) in [5, 5.41) is 19.4. The molecule has 1 heterocycles. The smallest absolute Gasteiger partial charge is 0.339 e. The maximum Gasteiger partial charge on any atom is 0.339 e. The Balaban J connectivity index is 2.03. The van der Waals surface area contributed by atoms with Crippen molar-refractivity contribution in [1.29, 1.82) is 0 Å². The molecule has 0 bridgehead atoms. The average molecular weight is 275 g/mol. The highest BCUT2D eigenvalue weighted by Crippen LogP contribution is 2.15. The first kappa shape index (κ1) is 14.2. The number of carbonyl (C=O) groups excluding carboxylic acids is 1. The predicted octanol–water partition coefficient (Wildman–Crippen LogP) is 1.68. The maximum absolute atomic E-state index is 11.5. The van der Waals surface area contributed by atoms with E-state index >= 15 is 0 Å². The van der Waals surface area contributed by atoms with E-state index in [1.165, 1.54) is 0 Å². The van der Waals surface area contributed by atoms with Crippen LogP contribution in [-0.2, 0) is 16.1 Å². The van der Waals surface area contributed by atoms with Gasteiger partial charge in [-0.25, -0.2) is 9.80 Å². The Morgan fingerprint density at radius 2 is 2.20 bits per heavy atom. The van der Waals surface area contributed by atoms with Gasteiger partial charge >= 0.3 is 5.97 Å². The monoisotopic (exact) mass is 275 g/mol. The fourth-order valence-corrected chi connectivity index (χ4v) is 1.83. The van der Waals surface area contributed by atoms with Gasteiger partial charge in [0.05, 0.1) is 19.7 Å². The van der Waals surface area contributed by atoms with E-state index < -0.39 is 12.1 Å². The number of aliphatic hydroxyl groups is 1. The second-order valence-electron chi connectivity index (χ2n) is 4.33. The van der Waals surface area contributed by atoms with E-state index in [2.05, 4.69) is 10.3 Å². The Morgan fingerprint density at radius 3 is 2.90 bits per heavy atom. The highest BCUT2D eigenvalue weighted by molar-refractivity contribution is 5.78. The Bertz CT molecular complexity index is 514. The molecule has 0 amide bonds. The molecule has 0 spiro atoms. The molecule has 1 unspecified atom stereocenters. The number of ether oxygens (including phenoxy) is 1. The molecule has 1 aromatic rings. The lowest BCUT2D eigenvalue weighted by Crippen LogP contribution is -2.29. The molecule has 0 aliphatic carbocycles. The summed E-state index contributed by atoms with van der Waals surface area (Å²) in [5.41, 5.74) is 1.55. The Morgan fingerprint density at radius 1 is 1.45 bits per heavy atom. The zero-order valence-corrected chi connectivity index (χ0v) is 11.3. The normalized spacial score (nSPS) is 15.7. The van der Waals surface area contributed by atoms with E-state index in [1.807, 2.05) is 30.3 Å². The lowest BCUT2D eigenvalue weighted by molar-refractivity contribution is -0.151. The highest BCUT2D eigenvalue weighted by Gasteiger charge is 2.23. The molecular weight excluding hydrogens is 258 g/mol. The summed E-state index contributed by atoms with van der Waals surface area (Å²) in [7, 11) is 0.